The highest BCUT2D eigenvalue weighted by Gasteiger charge is 2.31. The van der Waals surface area contributed by atoms with Crippen molar-refractivity contribution < 1.29 is 64.0 Å². The predicted molar refractivity (Wildman–Crippen MR) is 382 cm³/mol. The Morgan fingerprint density at radius 3 is 1.18 bits per heavy atom. The molecule has 6 N–H and O–H groups in total. The quantitative estimate of drug-likeness (QED) is 0.00796. The van der Waals surface area contributed by atoms with Crippen molar-refractivity contribution in [3.8, 4) is 11.1 Å². The van der Waals surface area contributed by atoms with Crippen LogP contribution in [0.4, 0.5) is 0 Å². The van der Waals surface area contributed by atoms with Gasteiger partial charge in [-0.15, -0.1) is 0 Å². The van der Waals surface area contributed by atoms with E-state index in [2.05, 4.69) is 180 Å². The molecule has 2 atom stereocenters. The first-order valence-electron chi connectivity index (χ1n) is 34.8. The van der Waals surface area contributed by atoms with E-state index in [9.17, 15) is 28.9 Å². The molecule has 1 saturated carbocycles. The van der Waals surface area contributed by atoms with Crippen molar-refractivity contribution in [3.63, 3.8) is 0 Å². The molecule has 1 aliphatic rings. The van der Waals surface area contributed by atoms with Crippen LogP contribution in [-0.2, 0) is 52.5 Å². The normalized spacial score (nSPS) is 12.6. The summed E-state index contributed by atoms with van der Waals surface area (Å²) in [6, 6.07) is 39.8. The molecule has 0 aliphatic heterocycles. The number of hydrogen-bond acceptors (Lipinski definition) is 12. The highest BCUT2D eigenvalue weighted by atomic mass is 31.2. The minimum atomic E-state index is -4.04. The van der Waals surface area contributed by atoms with E-state index < -0.39 is 69.6 Å². The summed E-state index contributed by atoms with van der Waals surface area (Å²) in [6.07, 6.45) is 40.5. The van der Waals surface area contributed by atoms with E-state index in [1.54, 1.807) is 0 Å². The van der Waals surface area contributed by atoms with Gasteiger partial charge in [0, 0.05) is 26.3 Å². The minimum Gasteiger partial charge on any atom is -0.480 e. The van der Waals surface area contributed by atoms with Gasteiger partial charge in [0.2, 0.25) is 11.8 Å². The third-order valence-corrected chi connectivity index (χ3v) is 16.3. The third-order valence-electron chi connectivity index (χ3n) is 15.7. The van der Waals surface area contributed by atoms with Gasteiger partial charge in [0.25, 0.3) is 0 Å². The zero-order valence-electron chi connectivity index (χ0n) is 58.3. The second-order valence-corrected chi connectivity index (χ2v) is 26.3. The van der Waals surface area contributed by atoms with Gasteiger partial charge in [0.05, 0.1) is 32.3 Å². The number of carboxylic acids is 3. The van der Waals surface area contributed by atoms with E-state index in [0.717, 1.165) is 22.4 Å². The Balaban J connectivity index is 0.00000118. The maximum Gasteiger partial charge on any atom is 0.325 e. The lowest BCUT2D eigenvalue weighted by atomic mass is 9.91. The standard InChI is InChI=1S/C17H28.C16H28N3O13P.C15H16.C12H18.C9H20.C7H14/c1-2-3-4-5-6-7-8-9-11-14-17-15-12-10-13-16-17;1-11(31-26)19(12(2)32-27)13(10-30-33(3,28)29)6-17(7-14(20)21)4-5-18(8-15(22)23)9-16(24)25;1-2-6-13-9-11-15(12-10-13)14-7-4-3-5-8-14;1-2-3-4-6-9-12-10-7-5-8-11-12;1-3-5-7-9-8-6-4-2;1-7-5-3-2-4-6-7/h10,12-13,15-16H,2-9,11,14H2,1H3;13,26-27H,1-2,4-10H2,3H3,(H,20,21)(H,22,23)(H,24,25)(H,28,29);3-5,7-12H,2,6H2,1H3;5,7-8,10-11H,2-4,6,9H2,1H3;3-9H2,1-2H3;7H,2-6H2,1H3. The number of aliphatic carboxylic acids is 3. The monoisotopic (exact) mass is 1320 g/mol. The number of aryl methyl sites for hydroxylation is 3. The highest BCUT2D eigenvalue weighted by molar-refractivity contribution is 7.51. The topological polar surface area (TPSA) is 227 Å². The van der Waals surface area contributed by atoms with Crippen LogP contribution in [0.1, 0.15) is 225 Å². The third kappa shape index (κ3) is 51.2. The summed E-state index contributed by atoms with van der Waals surface area (Å²) in [4.78, 5) is 53.8. The molecule has 0 saturated heterocycles. The van der Waals surface area contributed by atoms with E-state index in [0.29, 0.717) is 0 Å². The van der Waals surface area contributed by atoms with Crippen molar-refractivity contribution in [2.75, 3.05) is 52.5 Å². The molecule has 93 heavy (non-hydrogen) atoms. The molecule has 17 heteroatoms. The lowest BCUT2D eigenvalue weighted by Gasteiger charge is -2.35. The summed E-state index contributed by atoms with van der Waals surface area (Å²) in [5.74, 6) is -4.00. The van der Waals surface area contributed by atoms with Crippen LogP contribution < -0.4 is 0 Å². The number of carboxylic acid groups (broad SMARTS) is 3. The van der Waals surface area contributed by atoms with Crippen LogP contribution in [0.5, 0.6) is 0 Å². The van der Waals surface area contributed by atoms with Crippen molar-refractivity contribution in [2.45, 2.75) is 234 Å². The summed E-state index contributed by atoms with van der Waals surface area (Å²) in [6.45, 7) is 18.1. The first-order valence-corrected chi connectivity index (χ1v) is 36.9. The first kappa shape index (κ1) is 87.2. The Bertz CT molecular complexity index is 2440. The summed E-state index contributed by atoms with van der Waals surface area (Å²) >= 11 is 0. The molecule has 4 aromatic carbocycles. The highest BCUT2D eigenvalue weighted by Crippen LogP contribution is 2.37. The van der Waals surface area contributed by atoms with Gasteiger partial charge in [-0.25, -0.2) is 10.5 Å². The summed E-state index contributed by atoms with van der Waals surface area (Å²) in [5, 5.41) is 45.0. The molecule has 1 aliphatic carbocycles. The fourth-order valence-corrected chi connectivity index (χ4v) is 10.9. The molecular weight excluding hydrogens is 1190 g/mol. The predicted octanol–water partition coefficient (Wildman–Crippen LogP) is 19.5. The molecule has 16 nitrogen and oxygen atoms in total. The molecule has 526 valence electrons. The zero-order chi connectivity index (χ0) is 69.2. The molecule has 0 amide bonds. The van der Waals surface area contributed by atoms with Gasteiger partial charge in [-0.1, -0.05) is 311 Å². The summed E-state index contributed by atoms with van der Waals surface area (Å²) < 4.78 is 16.5. The molecule has 2 unspecified atom stereocenters. The van der Waals surface area contributed by atoms with Crippen LogP contribution in [0, 0.1) is 5.92 Å². The number of rotatable bonds is 43. The maximum atomic E-state index is 11.6. The molecule has 0 spiro atoms. The molecule has 0 radical (unpaired) electrons. The van der Waals surface area contributed by atoms with E-state index in [1.807, 2.05) is 0 Å². The Hall–Kier alpha value is -5.84. The largest absolute Gasteiger partial charge is 0.480 e. The molecule has 4 aromatic rings. The van der Waals surface area contributed by atoms with Crippen LogP contribution in [0.15, 0.2) is 140 Å². The minimum absolute atomic E-state index is 0.168. The molecule has 0 bridgehead atoms. The van der Waals surface area contributed by atoms with Crippen molar-refractivity contribution in [3.05, 3.63) is 157 Å². The van der Waals surface area contributed by atoms with Crippen LogP contribution in [0.2, 0.25) is 0 Å². The molecule has 5 rings (SSSR count). The van der Waals surface area contributed by atoms with E-state index in [-0.39, 0.29) is 19.6 Å². The average Bonchev–Trinajstić information content (AvgIpc) is 1.27. The van der Waals surface area contributed by atoms with Gasteiger partial charge >= 0.3 is 25.5 Å². The lowest BCUT2D eigenvalue weighted by molar-refractivity contribution is -0.257. The second-order valence-electron chi connectivity index (χ2n) is 24.4. The second kappa shape index (κ2) is 58.7. The maximum absolute atomic E-state index is 11.6. The van der Waals surface area contributed by atoms with Crippen molar-refractivity contribution in [1.82, 2.24) is 14.7 Å². The van der Waals surface area contributed by atoms with Crippen LogP contribution in [0.3, 0.4) is 0 Å². The molecule has 0 heterocycles. The van der Waals surface area contributed by atoms with Crippen molar-refractivity contribution >= 4 is 25.5 Å². The van der Waals surface area contributed by atoms with Gasteiger partial charge in [-0.2, -0.15) is 0 Å². The Morgan fingerprint density at radius 1 is 0.484 bits per heavy atom. The van der Waals surface area contributed by atoms with Gasteiger partial charge in [0.15, 0.2) is 0 Å². The molecule has 0 aromatic heterocycles. The number of carbonyl (C=O) groups is 3. The van der Waals surface area contributed by atoms with E-state index in [1.165, 1.54) is 219 Å². The summed E-state index contributed by atoms with van der Waals surface area (Å²) in [5.41, 5.74) is 7.00. The smallest absolute Gasteiger partial charge is 0.325 e. The number of unbranched alkanes of at least 4 members (excludes halogenated alkanes) is 17. The van der Waals surface area contributed by atoms with Crippen LogP contribution >= 0.6 is 7.60 Å². The fourth-order valence-electron chi connectivity index (χ4n) is 10.5. The van der Waals surface area contributed by atoms with Crippen LogP contribution in [0.25, 0.3) is 11.1 Å². The number of nitrogens with zero attached hydrogens (tertiary/aromatic N) is 3. The Morgan fingerprint density at radius 2 is 0.828 bits per heavy atom. The fraction of sp³-hybridized carbons (Fsp3) is 0.592. The first-order chi connectivity index (χ1) is 44.8. The van der Waals surface area contributed by atoms with Gasteiger partial charge in [-0.3, -0.25) is 33.6 Å². The zero-order valence-corrected chi connectivity index (χ0v) is 59.2. The number of benzene rings is 4. The Labute approximate surface area is 561 Å². The van der Waals surface area contributed by atoms with Crippen LogP contribution in [-0.4, -0.2) is 122 Å². The van der Waals surface area contributed by atoms with E-state index in [4.69, 9.17) is 25.3 Å². The Kier molecular flexibility index (Phi) is 55.0. The average molecular weight is 1320 g/mol. The number of hydrogen-bond donors (Lipinski definition) is 6. The van der Waals surface area contributed by atoms with Gasteiger partial charge in [-0.05, 0) is 79.0 Å². The van der Waals surface area contributed by atoms with E-state index >= 15 is 0 Å². The van der Waals surface area contributed by atoms with Crippen molar-refractivity contribution in [2.24, 2.45) is 5.92 Å². The molecule has 1 fully saturated rings. The summed E-state index contributed by atoms with van der Waals surface area (Å²) in [7, 11) is -4.04. The van der Waals surface area contributed by atoms with Gasteiger partial charge < -0.3 is 34.5 Å². The lowest BCUT2D eigenvalue weighted by Crippen LogP contribution is -2.49. The van der Waals surface area contributed by atoms with Gasteiger partial charge in [0.1, 0.15) is 0 Å². The SMILES string of the molecule is C=C(OO)N(C(=C)OO)C(COP(C)(=O)O)CN(CCN(CC(=O)O)CC(=O)O)CC(=O)O.CC1CCCCC1.CCCCCCCCC.CCCCCCCCCCCc1ccccc1.CCCCCCc1ccccc1.CCCc1ccc(-c2ccccc2)cc1. The molecular formula is C76H124N3O13P. The van der Waals surface area contributed by atoms with Crippen molar-refractivity contribution in [1.29, 1.82) is 0 Å².